The van der Waals surface area contributed by atoms with Gasteiger partial charge in [0.2, 0.25) is 5.91 Å². The van der Waals surface area contributed by atoms with E-state index < -0.39 is 0 Å². The third-order valence-corrected chi connectivity index (χ3v) is 3.73. The van der Waals surface area contributed by atoms with Gasteiger partial charge in [0, 0.05) is 12.5 Å². The fourth-order valence-electron chi connectivity index (χ4n) is 2.51. The van der Waals surface area contributed by atoms with Crippen LogP contribution in [0.1, 0.15) is 25.7 Å². The molecule has 1 fully saturated rings. The molecule has 2 rings (SSSR count). The van der Waals surface area contributed by atoms with Gasteiger partial charge in [-0.1, -0.05) is 6.07 Å². The minimum Gasteiger partial charge on any atom is -0.492 e. The van der Waals surface area contributed by atoms with Gasteiger partial charge < -0.3 is 15.4 Å². The van der Waals surface area contributed by atoms with Crippen molar-refractivity contribution in [2.24, 2.45) is 5.92 Å². The Morgan fingerprint density at radius 2 is 2.14 bits per heavy atom. The van der Waals surface area contributed by atoms with Crippen molar-refractivity contribution >= 4 is 18.3 Å². The maximum Gasteiger partial charge on any atom is 0.220 e. The summed E-state index contributed by atoms with van der Waals surface area (Å²) in [6, 6.07) is 6.00. The van der Waals surface area contributed by atoms with E-state index in [-0.39, 0.29) is 24.1 Å². The molecule has 0 bridgehead atoms. The largest absolute Gasteiger partial charge is 0.492 e. The van der Waals surface area contributed by atoms with Crippen LogP contribution in [-0.2, 0) is 4.79 Å². The molecule has 0 aliphatic carbocycles. The van der Waals surface area contributed by atoms with Gasteiger partial charge in [0.1, 0.15) is 18.2 Å². The molecule has 1 aliphatic rings. The van der Waals surface area contributed by atoms with E-state index in [1.165, 1.54) is 12.1 Å². The predicted molar refractivity (Wildman–Crippen MR) is 87.0 cm³/mol. The van der Waals surface area contributed by atoms with Gasteiger partial charge in [0.15, 0.2) is 0 Å². The van der Waals surface area contributed by atoms with E-state index >= 15 is 0 Å². The highest BCUT2D eigenvalue weighted by atomic mass is 35.5. The summed E-state index contributed by atoms with van der Waals surface area (Å²) in [5.74, 6) is 0.898. The normalized spacial score (nSPS) is 15.0. The highest BCUT2D eigenvalue weighted by Crippen LogP contribution is 2.17. The molecule has 1 aliphatic heterocycles. The quantitative estimate of drug-likeness (QED) is 0.755. The molecule has 0 atom stereocenters. The number of carbonyl (C=O) groups is 1. The third-order valence-electron chi connectivity index (χ3n) is 3.73. The molecule has 22 heavy (non-hydrogen) atoms. The Morgan fingerprint density at radius 3 is 2.86 bits per heavy atom. The number of nitrogens with one attached hydrogen (secondary N) is 2. The molecular weight excluding hydrogens is 307 g/mol. The first-order chi connectivity index (χ1) is 10.2. The number of carbonyl (C=O) groups excluding carboxylic acids is 1. The number of hydrogen-bond acceptors (Lipinski definition) is 3. The second-order valence-corrected chi connectivity index (χ2v) is 5.39. The lowest BCUT2D eigenvalue weighted by Crippen LogP contribution is -2.30. The van der Waals surface area contributed by atoms with Crippen LogP contribution >= 0.6 is 12.4 Å². The molecular formula is C16H24ClFN2O2. The first-order valence-corrected chi connectivity index (χ1v) is 7.60. The number of amides is 1. The lowest BCUT2D eigenvalue weighted by molar-refractivity contribution is -0.121. The number of halogens is 2. The molecule has 1 saturated heterocycles. The van der Waals surface area contributed by atoms with Crippen LogP contribution in [0.4, 0.5) is 4.39 Å². The van der Waals surface area contributed by atoms with Crippen LogP contribution in [0.5, 0.6) is 5.75 Å². The maximum atomic E-state index is 12.9. The van der Waals surface area contributed by atoms with Crippen LogP contribution in [0, 0.1) is 11.7 Å². The Kier molecular flexibility index (Phi) is 8.85. The lowest BCUT2D eigenvalue weighted by atomic mass is 9.93. The highest BCUT2D eigenvalue weighted by Gasteiger charge is 2.14. The summed E-state index contributed by atoms with van der Waals surface area (Å²) < 4.78 is 18.3. The Labute approximate surface area is 137 Å². The summed E-state index contributed by atoms with van der Waals surface area (Å²) in [5.41, 5.74) is 0. The van der Waals surface area contributed by atoms with Crippen LogP contribution < -0.4 is 15.4 Å². The van der Waals surface area contributed by atoms with Crippen molar-refractivity contribution in [3.63, 3.8) is 0 Å². The van der Waals surface area contributed by atoms with Crippen LogP contribution in [0.25, 0.3) is 0 Å². The molecule has 6 heteroatoms. The predicted octanol–water partition coefficient (Wildman–Crippen LogP) is 2.52. The first-order valence-electron chi connectivity index (χ1n) is 7.60. The molecule has 1 amide bonds. The highest BCUT2D eigenvalue weighted by molar-refractivity contribution is 5.85. The van der Waals surface area contributed by atoms with Crippen molar-refractivity contribution < 1.29 is 13.9 Å². The van der Waals surface area contributed by atoms with Crippen molar-refractivity contribution in [3.8, 4) is 5.75 Å². The summed E-state index contributed by atoms with van der Waals surface area (Å²) in [6.07, 6.45) is 3.86. The van der Waals surface area contributed by atoms with Crippen molar-refractivity contribution in [1.82, 2.24) is 10.6 Å². The second kappa shape index (κ2) is 10.4. The number of rotatable bonds is 7. The Morgan fingerprint density at radius 1 is 1.36 bits per heavy atom. The van der Waals surface area contributed by atoms with Gasteiger partial charge >= 0.3 is 0 Å². The van der Waals surface area contributed by atoms with Gasteiger partial charge in [-0.25, -0.2) is 4.39 Å². The molecule has 1 aromatic rings. The van der Waals surface area contributed by atoms with E-state index in [1.54, 1.807) is 12.1 Å². The van der Waals surface area contributed by atoms with Crippen LogP contribution in [0.3, 0.4) is 0 Å². The summed E-state index contributed by atoms with van der Waals surface area (Å²) in [5, 5.41) is 6.15. The minimum absolute atomic E-state index is 0. The molecule has 124 valence electrons. The molecule has 0 saturated carbocycles. The topological polar surface area (TPSA) is 50.4 Å². The van der Waals surface area contributed by atoms with E-state index in [9.17, 15) is 9.18 Å². The summed E-state index contributed by atoms with van der Waals surface area (Å²) >= 11 is 0. The minimum atomic E-state index is -0.321. The average molecular weight is 331 g/mol. The molecule has 0 aromatic heterocycles. The van der Waals surface area contributed by atoms with E-state index in [0.717, 1.165) is 32.4 Å². The van der Waals surface area contributed by atoms with Crippen LogP contribution in [0.15, 0.2) is 24.3 Å². The fraction of sp³-hybridized carbons (Fsp3) is 0.562. The van der Waals surface area contributed by atoms with Gasteiger partial charge in [-0.3, -0.25) is 4.79 Å². The number of hydrogen-bond donors (Lipinski definition) is 2. The second-order valence-electron chi connectivity index (χ2n) is 5.39. The zero-order chi connectivity index (χ0) is 14.9. The van der Waals surface area contributed by atoms with Crippen LogP contribution in [-0.4, -0.2) is 32.1 Å². The van der Waals surface area contributed by atoms with E-state index in [1.807, 2.05) is 0 Å². The Bertz CT molecular complexity index is 454. The molecule has 2 N–H and O–H groups in total. The van der Waals surface area contributed by atoms with E-state index in [4.69, 9.17) is 4.74 Å². The lowest BCUT2D eigenvalue weighted by Gasteiger charge is -2.22. The number of ether oxygens (including phenoxy) is 1. The van der Waals surface area contributed by atoms with Crippen molar-refractivity contribution in [3.05, 3.63) is 30.1 Å². The van der Waals surface area contributed by atoms with Crippen molar-refractivity contribution in [2.75, 3.05) is 26.2 Å². The Balaban J connectivity index is 0.00000242. The number of piperidine rings is 1. The van der Waals surface area contributed by atoms with Gasteiger partial charge in [-0.05, 0) is 50.4 Å². The summed E-state index contributed by atoms with van der Waals surface area (Å²) in [7, 11) is 0. The maximum absolute atomic E-state index is 12.9. The van der Waals surface area contributed by atoms with E-state index in [2.05, 4.69) is 10.6 Å². The Hall–Kier alpha value is -1.33. The summed E-state index contributed by atoms with van der Waals surface area (Å²) in [4.78, 5) is 11.7. The molecule has 0 spiro atoms. The SMILES string of the molecule is Cl.O=C(CCC1CCNCC1)NCCOc1cccc(F)c1. The van der Waals surface area contributed by atoms with Gasteiger partial charge in [-0.15, -0.1) is 12.4 Å². The zero-order valence-corrected chi connectivity index (χ0v) is 13.5. The molecule has 4 nitrogen and oxygen atoms in total. The van der Waals surface area contributed by atoms with Crippen LogP contribution in [0.2, 0.25) is 0 Å². The third kappa shape index (κ3) is 7.09. The fourth-order valence-corrected chi connectivity index (χ4v) is 2.51. The monoisotopic (exact) mass is 330 g/mol. The van der Waals surface area contributed by atoms with E-state index in [0.29, 0.717) is 31.2 Å². The van der Waals surface area contributed by atoms with Gasteiger partial charge in [0.05, 0.1) is 6.54 Å². The van der Waals surface area contributed by atoms with Gasteiger partial charge in [0.25, 0.3) is 0 Å². The zero-order valence-electron chi connectivity index (χ0n) is 12.6. The molecule has 1 aromatic carbocycles. The van der Waals surface area contributed by atoms with Gasteiger partial charge in [-0.2, -0.15) is 0 Å². The standard InChI is InChI=1S/C16H23FN2O2.ClH/c17-14-2-1-3-15(12-14)21-11-10-19-16(20)5-4-13-6-8-18-9-7-13;/h1-3,12-13,18H,4-11H2,(H,19,20);1H. The first kappa shape index (κ1) is 18.7. The molecule has 1 heterocycles. The van der Waals surface area contributed by atoms with Crippen molar-refractivity contribution in [1.29, 1.82) is 0 Å². The van der Waals surface area contributed by atoms with Crippen molar-refractivity contribution in [2.45, 2.75) is 25.7 Å². The smallest absolute Gasteiger partial charge is 0.220 e. The molecule has 0 radical (unpaired) electrons. The summed E-state index contributed by atoms with van der Waals surface area (Å²) in [6.45, 7) is 2.92. The average Bonchev–Trinajstić information content (AvgIpc) is 2.51. The molecule has 0 unspecified atom stereocenters. The number of benzene rings is 1.